The molecule has 0 saturated carbocycles. The van der Waals surface area contributed by atoms with Crippen molar-refractivity contribution in [2.75, 3.05) is 42.0 Å². The van der Waals surface area contributed by atoms with Crippen molar-refractivity contribution in [3.05, 3.63) is 81.2 Å². The van der Waals surface area contributed by atoms with Crippen molar-refractivity contribution in [1.82, 2.24) is 19.9 Å². The van der Waals surface area contributed by atoms with Gasteiger partial charge in [-0.25, -0.2) is 9.97 Å². The van der Waals surface area contributed by atoms with Crippen molar-refractivity contribution in [2.45, 2.75) is 31.8 Å². The molecule has 206 valence electrons. The summed E-state index contributed by atoms with van der Waals surface area (Å²) in [4.78, 5) is 15.8. The van der Waals surface area contributed by atoms with Gasteiger partial charge in [0, 0.05) is 45.1 Å². The SMILES string of the molecule is COc1nc2ccc(Br)cc2cc1C(c1ccnc(OC)c1OC)C(O)(CCN(C)C)c1cc(C)nc(C)c1. The minimum Gasteiger partial charge on any atom is -0.491 e. The molecule has 0 aliphatic heterocycles. The van der Waals surface area contributed by atoms with E-state index in [1.54, 1.807) is 27.5 Å². The lowest BCUT2D eigenvalue weighted by Gasteiger charge is -2.39. The van der Waals surface area contributed by atoms with Gasteiger partial charge in [-0.1, -0.05) is 15.9 Å². The molecule has 0 radical (unpaired) electrons. The van der Waals surface area contributed by atoms with E-state index in [9.17, 15) is 5.11 Å². The van der Waals surface area contributed by atoms with Crippen LogP contribution >= 0.6 is 15.9 Å². The zero-order chi connectivity index (χ0) is 28.3. The summed E-state index contributed by atoms with van der Waals surface area (Å²) in [6, 6.07) is 13.7. The van der Waals surface area contributed by atoms with Crippen LogP contribution in [-0.4, -0.2) is 66.9 Å². The van der Waals surface area contributed by atoms with E-state index in [0.717, 1.165) is 32.3 Å². The Balaban J connectivity index is 2.13. The first-order valence-electron chi connectivity index (χ1n) is 12.6. The van der Waals surface area contributed by atoms with Crippen molar-refractivity contribution in [3.8, 4) is 17.5 Å². The van der Waals surface area contributed by atoms with Gasteiger partial charge < -0.3 is 24.2 Å². The van der Waals surface area contributed by atoms with Gasteiger partial charge in [0.05, 0.1) is 32.8 Å². The van der Waals surface area contributed by atoms with Crippen LogP contribution in [0.4, 0.5) is 0 Å². The Labute approximate surface area is 238 Å². The molecule has 2 atom stereocenters. The summed E-state index contributed by atoms with van der Waals surface area (Å²) in [7, 11) is 8.70. The van der Waals surface area contributed by atoms with E-state index in [-0.39, 0.29) is 0 Å². The van der Waals surface area contributed by atoms with Gasteiger partial charge in [-0.3, -0.25) is 4.98 Å². The predicted molar refractivity (Wildman–Crippen MR) is 156 cm³/mol. The Bertz CT molecular complexity index is 1460. The van der Waals surface area contributed by atoms with Gasteiger partial charge in [0.2, 0.25) is 5.88 Å². The number of hydrogen-bond donors (Lipinski definition) is 1. The van der Waals surface area contributed by atoms with Gasteiger partial charge in [-0.2, -0.15) is 0 Å². The maximum Gasteiger partial charge on any atom is 0.257 e. The number of benzene rings is 1. The molecular weight excluding hydrogens is 560 g/mol. The minimum atomic E-state index is -1.42. The summed E-state index contributed by atoms with van der Waals surface area (Å²) in [6.45, 7) is 4.49. The number of fused-ring (bicyclic) bond motifs is 1. The molecule has 0 aliphatic carbocycles. The average Bonchev–Trinajstić information content (AvgIpc) is 2.90. The lowest BCUT2D eigenvalue weighted by molar-refractivity contribution is 0.00293. The van der Waals surface area contributed by atoms with E-state index >= 15 is 0 Å². The molecule has 0 fully saturated rings. The third kappa shape index (κ3) is 5.85. The summed E-state index contributed by atoms with van der Waals surface area (Å²) in [5.74, 6) is 0.509. The number of methoxy groups -OCH3 is 3. The van der Waals surface area contributed by atoms with Crippen LogP contribution in [0.3, 0.4) is 0 Å². The fraction of sp³-hybridized carbons (Fsp3) is 0.367. The summed E-state index contributed by atoms with van der Waals surface area (Å²) in [6.07, 6.45) is 2.07. The van der Waals surface area contributed by atoms with Gasteiger partial charge >= 0.3 is 0 Å². The highest BCUT2D eigenvalue weighted by atomic mass is 79.9. The molecule has 2 unspecified atom stereocenters. The van der Waals surface area contributed by atoms with Crippen molar-refractivity contribution >= 4 is 26.8 Å². The van der Waals surface area contributed by atoms with Crippen molar-refractivity contribution in [1.29, 1.82) is 0 Å². The van der Waals surface area contributed by atoms with E-state index in [1.807, 2.05) is 70.4 Å². The molecule has 3 heterocycles. The lowest BCUT2D eigenvalue weighted by atomic mass is 9.71. The Morgan fingerprint density at radius 1 is 0.897 bits per heavy atom. The minimum absolute atomic E-state index is 0.326. The van der Waals surface area contributed by atoms with Crippen molar-refractivity contribution in [2.24, 2.45) is 0 Å². The van der Waals surface area contributed by atoms with Crippen LogP contribution in [0.25, 0.3) is 10.9 Å². The molecule has 8 nitrogen and oxygen atoms in total. The molecule has 0 amide bonds. The Kier molecular flexibility index (Phi) is 8.73. The molecular formula is C30H35BrN4O4. The largest absolute Gasteiger partial charge is 0.491 e. The third-order valence-corrected chi connectivity index (χ3v) is 7.38. The highest BCUT2D eigenvalue weighted by Gasteiger charge is 2.44. The van der Waals surface area contributed by atoms with Crippen LogP contribution in [0.15, 0.2) is 53.1 Å². The molecule has 0 aliphatic rings. The number of ether oxygens (including phenoxy) is 3. The topological polar surface area (TPSA) is 89.8 Å². The fourth-order valence-electron chi connectivity index (χ4n) is 5.15. The van der Waals surface area contributed by atoms with Gasteiger partial charge in [0.1, 0.15) is 5.60 Å². The number of nitrogens with zero attached hydrogens (tertiary/aromatic N) is 4. The second-order valence-corrected chi connectivity index (χ2v) is 10.8. The monoisotopic (exact) mass is 594 g/mol. The molecule has 3 aromatic heterocycles. The molecule has 4 aromatic rings. The van der Waals surface area contributed by atoms with E-state index in [0.29, 0.717) is 41.6 Å². The lowest BCUT2D eigenvalue weighted by Crippen LogP contribution is -2.38. The summed E-state index contributed by atoms with van der Waals surface area (Å²) >= 11 is 3.58. The second kappa shape index (κ2) is 11.9. The third-order valence-electron chi connectivity index (χ3n) is 6.88. The van der Waals surface area contributed by atoms with Gasteiger partial charge in [0.25, 0.3) is 5.88 Å². The standard InChI is InChI=1S/C30H35BrN4O4/c1-18-14-21(15-19(2)33-18)30(36,11-13-35(3)4)26(23-10-12-32-29(39-7)27(23)37-5)24-17-20-16-22(31)8-9-25(20)34-28(24)38-6/h8-10,12,14-17,26,36H,11,13H2,1-7H3. The van der Waals surface area contributed by atoms with Crippen LogP contribution in [0.1, 0.15) is 40.4 Å². The molecule has 39 heavy (non-hydrogen) atoms. The van der Waals surface area contributed by atoms with E-state index in [1.165, 1.54) is 0 Å². The highest BCUT2D eigenvalue weighted by molar-refractivity contribution is 9.10. The quantitative estimate of drug-likeness (QED) is 0.261. The molecule has 0 bridgehead atoms. The number of rotatable bonds is 10. The van der Waals surface area contributed by atoms with Crippen LogP contribution < -0.4 is 14.2 Å². The summed E-state index contributed by atoms with van der Waals surface area (Å²) in [5.41, 5.74) is 3.16. The second-order valence-electron chi connectivity index (χ2n) is 9.92. The zero-order valence-corrected chi connectivity index (χ0v) is 25.0. The van der Waals surface area contributed by atoms with Crippen molar-refractivity contribution < 1.29 is 19.3 Å². The molecule has 1 N–H and O–H groups in total. The molecule has 0 saturated heterocycles. The molecule has 1 aromatic carbocycles. The Morgan fingerprint density at radius 2 is 1.59 bits per heavy atom. The Hall–Kier alpha value is -3.27. The van der Waals surface area contributed by atoms with Crippen LogP contribution in [0.5, 0.6) is 17.5 Å². The highest BCUT2D eigenvalue weighted by Crippen LogP contribution is 2.51. The average molecular weight is 596 g/mol. The van der Waals surface area contributed by atoms with Crippen molar-refractivity contribution in [3.63, 3.8) is 0 Å². The normalized spacial score (nSPS) is 13.8. The molecule has 9 heteroatoms. The predicted octanol–water partition coefficient (Wildman–Crippen LogP) is 5.40. The van der Waals surface area contributed by atoms with E-state index < -0.39 is 11.5 Å². The maximum absolute atomic E-state index is 13.0. The number of pyridine rings is 3. The molecule has 0 spiro atoms. The number of halogens is 1. The first-order chi connectivity index (χ1) is 18.6. The van der Waals surface area contributed by atoms with Crippen LogP contribution in [0.2, 0.25) is 0 Å². The number of aryl methyl sites for hydroxylation is 2. The van der Waals surface area contributed by atoms with E-state index in [4.69, 9.17) is 19.2 Å². The maximum atomic E-state index is 13.0. The Morgan fingerprint density at radius 3 is 2.21 bits per heavy atom. The number of aliphatic hydroxyl groups is 1. The van der Waals surface area contributed by atoms with Gasteiger partial charge in [-0.15, -0.1) is 0 Å². The summed E-state index contributed by atoms with van der Waals surface area (Å²) in [5, 5.41) is 13.9. The first kappa shape index (κ1) is 28.7. The van der Waals surface area contributed by atoms with Crippen LogP contribution in [-0.2, 0) is 5.60 Å². The van der Waals surface area contributed by atoms with Gasteiger partial charge in [0.15, 0.2) is 5.75 Å². The van der Waals surface area contributed by atoms with Gasteiger partial charge in [-0.05, 0) is 82.4 Å². The number of aromatic nitrogens is 3. The fourth-order valence-corrected chi connectivity index (χ4v) is 5.53. The first-order valence-corrected chi connectivity index (χ1v) is 13.4. The smallest absolute Gasteiger partial charge is 0.257 e. The number of hydrogen-bond acceptors (Lipinski definition) is 8. The van der Waals surface area contributed by atoms with E-state index in [2.05, 4.69) is 30.8 Å². The summed E-state index contributed by atoms with van der Waals surface area (Å²) < 4.78 is 18.2. The zero-order valence-electron chi connectivity index (χ0n) is 23.4. The molecule has 4 rings (SSSR count). The van der Waals surface area contributed by atoms with Crippen LogP contribution in [0, 0.1) is 13.8 Å².